The Bertz CT molecular complexity index is 1090. The van der Waals surface area contributed by atoms with Crippen molar-refractivity contribution in [2.45, 2.75) is 57.5 Å². The molecule has 2 aromatic rings. The van der Waals surface area contributed by atoms with Crippen LogP contribution in [0.4, 0.5) is 10.5 Å². The Hall–Kier alpha value is -1.81. The quantitative estimate of drug-likeness (QED) is 0.478. The maximum Gasteiger partial charge on any atom is 0.332 e. The summed E-state index contributed by atoms with van der Waals surface area (Å²) in [5, 5.41) is 7.58. The first-order valence-corrected chi connectivity index (χ1v) is 12.9. The largest absolute Gasteiger partial charge is 0.332 e. The van der Waals surface area contributed by atoms with Crippen LogP contribution in [0.3, 0.4) is 0 Å². The van der Waals surface area contributed by atoms with Crippen LogP contribution in [0.2, 0.25) is 10.0 Å². The number of rotatable bonds is 7. The predicted octanol–water partition coefficient (Wildman–Crippen LogP) is 5.32. The highest BCUT2D eigenvalue weighted by Crippen LogP contribution is 2.35. The number of carbonyl (C=O) groups is 1. The first-order chi connectivity index (χ1) is 14.9. The fraction of sp³-hybridized carbons (Fsp3) is 0.524. The van der Waals surface area contributed by atoms with Crippen molar-refractivity contribution in [3.63, 3.8) is 0 Å². The molecule has 2 heterocycles. The van der Waals surface area contributed by atoms with Crippen molar-refractivity contribution in [3.05, 3.63) is 39.0 Å². The van der Waals surface area contributed by atoms with Gasteiger partial charge in [-0.3, -0.25) is 9.58 Å². The molecule has 1 saturated heterocycles. The zero-order valence-corrected chi connectivity index (χ0v) is 21.3. The van der Waals surface area contributed by atoms with Gasteiger partial charge in [-0.1, -0.05) is 50.9 Å². The van der Waals surface area contributed by atoms with Gasteiger partial charge in [0.1, 0.15) is 5.02 Å². The molecule has 3 rings (SSSR count). The summed E-state index contributed by atoms with van der Waals surface area (Å²) in [6, 6.07) is 2.86. The fourth-order valence-electron chi connectivity index (χ4n) is 3.64. The van der Waals surface area contributed by atoms with Gasteiger partial charge in [0.2, 0.25) is 0 Å². The van der Waals surface area contributed by atoms with Crippen molar-refractivity contribution in [1.82, 2.24) is 19.4 Å². The maximum atomic E-state index is 13.1. The summed E-state index contributed by atoms with van der Waals surface area (Å²) in [6.45, 7) is 10.5. The lowest BCUT2D eigenvalue weighted by molar-refractivity contribution is 0.168. The topological polar surface area (TPSA) is 103 Å². The second-order valence-corrected chi connectivity index (χ2v) is 11.2. The van der Waals surface area contributed by atoms with Gasteiger partial charge >= 0.3 is 6.03 Å². The Kier molecular flexibility index (Phi) is 7.44. The van der Waals surface area contributed by atoms with Gasteiger partial charge < -0.3 is 5.32 Å². The highest BCUT2D eigenvalue weighted by atomic mass is 35.5. The van der Waals surface area contributed by atoms with Crippen LogP contribution in [0.1, 0.15) is 62.8 Å². The molecule has 8 nitrogen and oxygen atoms in total. The summed E-state index contributed by atoms with van der Waals surface area (Å²) in [6.07, 6.45) is 1.13. The van der Waals surface area contributed by atoms with Crippen molar-refractivity contribution in [2.75, 3.05) is 18.4 Å². The van der Waals surface area contributed by atoms with E-state index in [1.165, 1.54) is 4.68 Å². The first-order valence-electron chi connectivity index (χ1n) is 10.5. The summed E-state index contributed by atoms with van der Waals surface area (Å²) in [4.78, 5) is 15.0. The number of aryl methyl sites for hydroxylation is 1. The first kappa shape index (κ1) is 24.8. The minimum atomic E-state index is -3.78. The molecule has 1 unspecified atom stereocenters. The highest BCUT2D eigenvalue weighted by molar-refractivity contribution is 7.91. The van der Waals surface area contributed by atoms with Crippen molar-refractivity contribution < 1.29 is 9.00 Å². The zero-order valence-electron chi connectivity index (χ0n) is 19.0. The molecular weight excluding hydrogens is 471 g/mol. The third-order valence-corrected chi connectivity index (χ3v) is 7.58. The number of benzene rings is 1. The molecule has 1 fully saturated rings. The Morgan fingerprint density at radius 2 is 1.75 bits per heavy atom. The lowest BCUT2D eigenvalue weighted by Gasteiger charge is -2.30. The second kappa shape index (κ2) is 9.59. The molecule has 0 bridgehead atoms. The lowest BCUT2D eigenvalue weighted by atomic mass is 9.92. The molecule has 0 aliphatic carbocycles. The number of halogens is 2. The number of amides is 2. The number of hydrogen-bond acceptors (Lipinski definition) is 5. The van der Waals surface area contributed by atoms with Crippen LogP contribution in [0.25, 0.3) is 0 Å². The Morgan fingerprint density at radius 1 is 1.19 bits per heavy atom. The van der Waals surface area contributed by atoms with Crippen molar-refractivity contribution >= 4 is 44.8 Å². The molecule has 1 aliphatic rings. The van der Waals surface area contributed by atoms with Crippen molar-refractivity contribution in [2.24, 2.45) is 7.05 Å². The summed E-state index contributed by atoms with van der Waals surface area (Å²) in [5.74, 6) is 0.187. The molecule has 3 N–H and O–H groups in total. The number of carbonyl (C=O) groups excluding carboxylic acids is 1. The van der Waals surface area contributed by atoms with Gasteiger partial charge in [0, 0.05) is 24.3 Å². The van der Waals surface area contributed by atoms with E-state index in [-0.39, 0.29) is 21.9 Å². The SMILES string of the molecule is CC(C)c1cc(Cl)cc(C(C)C)c1NC(=O)NS(=N)(=O)c1nn(C)c(CN2CCC2)c1Cl. The number of anilines is 1. The predicted molar refractivity (Wildman–Crippen MR) is 129 cm³/mol. The number of urea groups is 1. The van der Waals surface area contributed by atoms with E-state index in [1.807, 2.05) is 39.8 Å². The highest BCUT2D eigenvalue weighted by Gasteiger charge is 2.27. The number of likely N-dealkylation sites (tertiary alicyclic amines) is 1. The average Bonchev–Trinajstić information content (AvgIpc) is 2.93. The number of nitrogens with zero attached hydrogens (tertiary/aromatic N) is 3. The number of aromatic nitrogens is 2. The van der Waals surface area contributed by atoms with Gasteiger partial charge in [-0.2, -0.15) is 5.10 Å². The molecule has 0 radical (unpaired) electrons. The van der Waals surface area contributed by atoms with E-state index in [2.05, 4.69) is 20.0 Å². The van der Waals surface area contributed by atoms with E-state index in [9.17, 15) is 9.00 Å². The molecule has 176 valence electrons. The van der Waals surface area contributed by atoms with Crippen LogP contribution in [-0.4, -0.2) is 38.0 Å². The van der Waals surface area contributed by atoms with E-state index in [1.54, 1.807) is 7.05 Å². The molecule has 32 heavy (non-hydrogen) atoms. The third kappa shape index (κ3) is 5.22. The summed E-state index contributed by atoms with van der Waals surface area (Å²) in [7, 11) is -2.09. The van der Waals surface area contributed by atoms with Gasteiger partial charge in [0.15, 0.2) is 14.9 Å². The number of hydrogen-bond donors (Lipinski definition) is 3. The fourth-order valence-corrected chi connectivity index (χ4v) is 5.43. The summed E-state index contributed by atoms with van der Waals surface area (Å²) >= 11 is 12.7. The van der Waals surface area contributed by atoms with E-state index < -0.39 is 15.9 Å². The molecule has 1 aromatic carbocycles. The van der Waals surface area contributed by atoms with Gasteiger partial charge in [-0.05, 0) is 54.6 Å². The molecule has 1 atom stereocenters. The monoisotopic (exact) mass is 500 g/mol. The average molecular weight is 501 g/mol. The van der Waals surface area contributed by atoms with Gasteiger partial charge in [0.25, 0.3) is 0 Å². The van der Waals surface area contributed by atoms with Crippen LogP contribution in [0, 0.1) is 4.78 Å². The zero-order chi connectivity index (χ0) is 23.8. The molecule has 0 spiro atoms. The standard InChI is InChI=1S/C21H30Cl2N6O2S/c1-12(2)15-9-14(22)10-16(13(3)4)19(15)25-21(30)27-32(24,31)20-18(23)17(28(5)26-20)11-29-7-6-8-29/h9-10,12-13H,6-8,11H2,1-5H3,(H3,24,25,27,30,31). The van der Waals surface area contributed by atoms with E-state index >= 15 is 0 Å². The summed E-state index contributed by atoms with van der Waals surface area (Å²) in [5.41, 5.74) is 3.00. The molecule has 2 amide bonds. The van der Waals surface area contributed by atoms with Crippen LogP contribution >= 0.6 is 23.2 Å². The van der Waals surface area contributed by atoms with Gasteiger partial charge in [-0.25, -0.2) is 18.5 Å². The third-order valence-electron chi connectivity index (χ3n) is 5.55. The van der Waals surface area contributed by atoms with Crippen molar-refractivity contribution in [1.29, 1.82) is 4.78 Å². The van der Waals surface area contributed by atoms with E-state index in [0.29, 0.717) is 22.9 Å². The van der Waals surface area contributed by atoms with Crippen molar-refractivity contribution in [3.8, 4) is 0 Å². The lowest BCUT2D eigenvalue weighted by Crippen LogP contribution is -2.37. The van der Waals surface area contributed by atoms with Crippen LogP contribution in [0.5, 0.6) is 0 Å². The van der Waals surface area contributed by atoms with Gasteiger partial charge in [0.05, 0.1) is 5.69 Å². The van der Waals surface area contributed by atoms with Crippen LogP contribution in [-0.2, 0) is 23.5 Å². The Balaban J connectivity index is 1.86. The number of nitrogens with one attached hydrogen (secondary N) is 3. The molecular formula is C21H30Cl2N6O2S. The maximum absolute atomic E-state index is 13.1. The Labute approximate surface area is 199 Å². The summed E-state index contributed by atoms with van der Waals surface area (Å²) < 4.78 is 25.3. The van der Waals surface area contributed by atoms with Gasteiger partial charge in [-0.15, -0.1) is 0 Å². The Morgan fingerprint density at radius 3 is 2.22 bits per heavy atom. The second-order valence-electron chi connectivity index (χ2n) is 8.70. The minimum absolute atomic E-state index is 0.0937. The molecule has 1 aliphatic heterocycles. The molecule has 11 heteroatoms. The minimum Gasteiger partial charge on any atom is -0.307 e. The normalized spacial score (nSPS) is 16.2. The smallest absolute Gasteiger partial charge is 0.307 e. The van der Waals surface area contributed by atoms with Crippen LogP contribution in [0.15, 0.2) is 17.2 Å². The van der Waals surface area contributed by atoms with Crippen LogP contribution < -0.4 is 10.0 Å². The molecule has 0 saturated carbocycles. The van der Waals surface area contributed by atoms with E-state index in [4.69, 9.17) is 28.0 Å². The van der Waals surface area contributed by atoms with E-state index in [0.717, 1.165) is 30.6 Å². The molecule has 1 aromatic heterocycles.